The molecule has 0 aliphatic carbocycles. The van der Waals surface area contributed by atoms with Gasteiger partial charge in [0.2, 0.25) is 0 Å². The summed E-state index contributed by atoms with van der Waals surface area (Å²) in [6.07, 6.45) is -3.62. The monoisotopic (exact) mass is 305 g/mol. The van der Waals surface area contributed by atoms with Crippen LogP contribution < -0.4 is 5.73 Å². The molecule has 2 heterocycles. The first kappa shape index (κ1) is 14.0. The Bertz CT molecular complexity index is 566. The third-order valence-electron chi connectivity index (χ3n) is 2.07. The van der Waals surface area contributed by atoms with Crippen LogP contribution in [0.5, 0.6) is 0 Å². The highest BCUT2D eigenvalue weighted by molar-refractivity contribution is 7.99. The summed E-state index contributed by atoms with van der Waals surface area (Å²) in [4.78, 5) is 7.71. The minimum Gasteiger partial charge on any atom is -0.399 e. The number of pyridine rings is 2. The lowest BCUT2D eigenvalue weighted by Crippen LogP contribution is -2.05. The molecule has 100 valence electrons. The number of hydrogen-bond acceptors (Lipinski definition) is 4. The molecular weight excluding hydrogens is 299 g/mol. The molecule has 2 aromatic rings. The SMILES string of the molecule is Nc1cc(Cl)nc(Sc2ccc(C(F)(F)F)cn2)c1. The van der Waals surface area contributed by atoms with E-state index < -0.39 is 11.7 Å². The lowest BCUT2D eigenvalue weighted by molar-refractivity contribution is -0.137. The van der Waals surface area contributed by atoms with Crippen LogP contribution in [0.4, 0.5) is 18.9 Å². The number of rotatable bonds is 2. The normalized spacial score (nSPS) is 11.6. The van der Waals surface area contributed by atoms with Gasteiger partial charge in [0.25, 0.3) is 0 Å². The molecule has 2 rings (SSSR count). The zero-order valence-corrected chi connectivity index (χ0v) is 10.9. The Balaban J connectivity index is 2.20. The summed E-state index contributed by atoms with van der Waals surface area (Å²) in [5.74, 6) is 0. The van der Waals surface area contributed by atoms with Crippen molar-refractivity contribution < 1.29 is 13.2 Å². The van der Waals surface area contributed by atoms with Crippen molar-refractivity contribution in [3.63, 3.8) is 0 Å². The summed E-state index contributed by atoms with van der Waals surface area (Å²) in [5.41, 5.74) is 5.22. The van der Waals surface area contributed by atoms with Gasteiger partial charge < -0.3 is 5.73 Å². The minimum atomic E-state index is -4.39. The number of nitrogens with two attached hydrogens (primary N) is 1. The zero-order chi connectivity index (χ0) is 14.0. The van der Waals surface area contributed by atoms with Crippen LogP contribution in [0.3, 0.4) is 0 Å². The number of nitrogen functional groups attached to an aromatic ring is 1. The quantitative estimate of drug-likeness (QED) is 0.855. The largest absolute Gasteiger partial charge is 0.417 e. The fourth-order valence-corrected chi connectivity index (χ4v) is 2.32. The van der Waals surface area contributed by atoms with E-state index in [1.807, 2.05) is 0 Å². The van der Waals surface area contributed by atoms with Crippen LogP contribution >= 0.6 is 23.4 Å². The molecule has 8 heteroatoms. The van der Waals surface area contributed by atoms with Crippen LogP contribution in [0.2, 0.25) is 5.15 Å². The number of nitrogens with zero attached hydrogens (tertiary/aromatic N) is 2. The topological polar surface area (TPSA) is 51.8 Å². The number of aromatic nitrogens is 2. The maximum Gasteiger partial charge on any atom is 0.417 e. The highest BCUT2D eigenvalue weighted by Gasteiger charge is 2.30. The zero-order valence-electron chi connectivity index (χ0n) is 9.28. The molecule has 0 unspecified atom stereocenters. The van der Waals surface area contributed by atoms with Crippen LogP contribution in [-0.4, -0.2) is 9.97 Å². The molecule has 0 spiro atoms. The van der Waals surface area contributed by atoms with Gasteiger partial charge in [0.1, 0.15) is 15.2 Å². The van der Waals surface area contributed by atoms with E-state index in [9.17, 15) is 13.2 Å². The third kappa shape index (κ3) is 3.74. The van der Waals surface area contributed by atoms with E-state index in [4.69, 9.17) is 17.3 Å². The van der Waals surface area contributed by atoms with Crippen molar-refractivity contribution >= 4 is 29.1 Å². The number of anilines is 1. The van der Waals surface area contributed by atoms with Crippen LogP contribution in [-0.2, 0) is 6.18 Å². The van der Waals surface area contributed by atoms with E-state index >= 15 is 0 Å². The summed E-state index contributed by atoms with van der Waals surface area (Å²) in [6.45, 7) is 0. The summed E-state index contributed by atoms with van der Waals surface area (Å²) in [5, 5.41) is 1.06. The van der Waals surface area contributed by atoms with Crippen molar-refractivity contribution in [3.05, 3.63) is 41.2 Å². The van der Waals surface area contributed by atoms with Gasteiger partial charge in [-0.1, -0.05) is 11.6 Å². The second-order valence-electron chi connectivity index (χ2n) is 3.55. The van der Waals surface area contributed by atoms with Crippen molar-refractivity contribution in [1.29, 1.82) is 0 Å². The van der Waals surface area contributed by atoms with E-state index in [0.29, 0.717) is 15.7 Å². The third-order valence-corrected chi connectivity index (χ3v) is 3.13. The molecule has 0 fully saturated rings. The predicted molar refractivity (Wildman–Crippen MR) is 67.0 cm³/mol. The maximum absolute atomic E-state index is 12.4. The molecular formula is C11H7ClF3N3S. The molecule has 0 aliphatic heterocycles. The number of halogens is 4. The summed E-state index contributed by atoms with van der Waals surface area (Å²) in [7, 11) is 0. The first-order valence-corrected chi connectivity index (χ1v) is 6.18. The smallest absolute Gasteiger partial charge is 0.399 e. The molecule has 0 saturated carbocycles. The Morgan fingerprint density at radius 3 is 2.42 bits per heavy atom. The maximum atomic E-state index is 12.4. The fraction of sp³-hybridized carbons (Fsp3) is 0.0909. The summed E-state index contributed by atoms with van der Waals surface area (Å²) >= 11 is 6.81. The van der Waals surface area contributed by atoms with Crippen molar-refractivity contribution in [1.82, 2.24) is 9.97 Å². The van der Waals surface area contributed by atoms with E-state index in [-0.39, 0.29) is 5.15 Å². The van der Waals surface area contributed by atoms with Gasteiger partial charge in [-0.15, -0.1) is 0 Å². The molecule has 2 N–H and O–H groups in total. The van der Waals surface area contributed by atoms with Crippen molar-refractivity contribution in [2.75, 3.05) is 5.73 Å². The molecule has 0 radical (unpaired) electrons. The van der Waals surface area contributed by atoms with Crippen LogP contribution in [0.1, 0.15) is 5.56 Å². The average molecular weight is 306 g/mol. The molecule has 2 aromatic heterocycles. The second kappa shape index (κ2) is 5.26. The van der Waals surface area contributed by atoms with Gasteiger partial charge in [-0.3, -0.25) is 0 Å². The first-order chi connectivity index (χ1) is 8.84. The van der Waals surface area contributed by atoms with Gasteiger partial charge in [-0.25, -0.2) is 9.97 Å². The molecule has 0 amide bonds. The van der Waals surface area contributed by atoms with Gasteiger partial charge >= 0.3 is 6.18 Å². The molecule has 0 atom stereocenters. The Morgan fingerprint density at radius 1 is 1.16 bits per heavy atom. The number of hydrogen-bond donors (Lipinski definition) is 1. The lowest BCUT2D eigenvalue weighted by Gasteiger charge is -2.06. The fourth-order valence-electron chi connectivity index (χ4n) is 1.26. The van der Waals surface area contributed by atoms with Gasteiger partial charge in [0.15, 0.2) is 0 Å². The molecule has 19 heavy (non-hydrogen) atoms. The molecule has 0 bridgehead atoms. The Kier molecular flexibility index (Phi) is 3.86. The average Bonchev–Trinajstić information content (AvgIpc) is 2.26. The summed E-state index contributed by atoms with van der Waals surface area (Å²) < 4.78 is 37.1. The van der Waals surface area contributed by atoms with Crippen molar-refractivity contribution in [2.45, 2.75) is 16.2 Å². The van der Waals surface area contributed by atoms with Gasteiger partial charge in [-0.2, -0.15) is 13.2 Å². The predicted octanol–water partition coefficient (Wildman–Crippen LogP) is 3.88. The molecule has 0 saturated heterocycles. The van der Waals surface area contributed by atoms with E-state index in [2.05, 4.69) is 9.97 Å². The van der Waals surface area contributed by atoms with E-state index in [1.165, 1.54) is 12.1 Å². The standard InChI is InChI=1S/C11H7ClF3N3S/c12-8-3-7(16)4-10(18-8)19-9-2-1-6(5-17-9)11(13,14)15/h1-5H,(H2,16,18). The van der Waals surface area contributed by atoms with Gasteiger partial charge in [0.05, 0.1) is 5.56 Å². The van der Waals surface area contributed by atoms with Gasteiger partial charge in [0, 0.05) is 11.9 Å². The van der Waals surface area contributed by atoms with E-state index in [1.54, 1.807) is 6.07 Å². The Morgan fingerprint density at radius 2 is 1.89 bits per heavy atom. The van der Waals surface area contributed by atoms with Crippen LogP contribution in [0.15, 0.2) is 40.5 Å². The Labute approximate surface area is 116 Å². The Hall–Kier alpha value is -1.47. The highest BCUT2D eigenvalue weighted by atomic mass is 35.5. The van der Waals surface area contributed by atoms with Gasteiger partial charge in [-0.05, 0) is 36.0 Å². The van der Waals surface area contributed by atoms with Crippen molar-refractivity contribution in [3.8, 4) is 0 Å². The minimum absolute atomic E-state index is 0.217. The summed E-state index contributed by atoms with van der Waals surface area (Å²) in [6, 6.07) is 5.27. The molecule has 0 aliphatic rings. The molecule has 0 aromatic carbocycles. The van der Waals surface area contributed by atoms with Crippen LogP contribution in [0.25, 0.3) is 0 Å². The second-order valence-corrected chi connectivity index (χ2v) is 4.97. The first-order valence-electron chi connectivity index (χ1n) is 4.99. The lowest BCUT2D eigenvalue weighted by atomic mass is 10.3. The van der Waals surface area contributed by atoms with Crippen LogP contribution in [0, 0.1) is 0 Å². The van der Waals surface area contributed by atoms with Crippen molar-refractivity contribution in [2.24, 2.45) is 0 Å². The molecule has 3 nitrogen and oxygen atoms in total. The highest BCUT2D eigenvalue weighted by Crippen LogP contribution is 2.31. The van der Waals surface area contributed by atoms with E-state index in [0.717, 1.165) is 24.0 Å². The number of alkyl halides is 3.